The molecule has 1 aliphatic heterocycles. The summed E-state index contributed by atoms with van der Waals surface area (Å²) in [6, 6.07) is 0.415. The van der Waals surface area contributed by atoms with Crippen LogP contribution in [0.1, 0.15) is 52.4 Å². The van der Waals surface area contributed by atoms with Gasteiger partial charge in [0.1, 0.15) is 0 Å². The average Bonchev–Trinajstić information content (AvgIpc) is 3.18. The first-order valence-electron chi connectivity index (χ1n) is 9.97. The Labute approximate surface area is 164 Å². The number of methoxy groups -OCH3 is 1. The molecule has 0 N–H and O–H groups in total. The quantitative estimate of drug-likeness (QED) is 0.225. The molecule has 0 radical (unpaired) electrons. The van der Waals surface area contributed by atoms with E-state index in [1.807, 2.05) is 17.8 Å². The Morgan fingerprint density at radius 2 is 2.15 bits per heavy atom. The molecule has 3 heteroatoms. The first-order chi connectivity index (χ1) is 12.6. The van der Waals surface area contributed by atoms with Crippen molar-refractivity contribution in [3.8, 4) is 0 Å². The number of aliphatic imine (C=N–C) groups is 1. The molecule has 26 heavy (non-hydrogen) atoms. The van der Waals surface area contributed by atoms with Crippen molar-refractivity contribution in [2.24, 2.45) is 16.8 Å². The van der Waals surface area contributed by atoms with E-state index in [-0.39, 0.29) is 0 Å². The van der Waals surface area contributed by atoms with E-state index < -0.39 is 0 Å². The van der Waals surface area contributed by atoms with E-state index in [2.05, 4.69) is 50.8 Å². The van der Waals surface area contributed by atoms with Crippen molar-refractivity contribution in [2.75, 3.05) is 12.9 Å². The van der Waals surface area contributed by atoms with Crippen LogP contribution in [0, 0.1) is 11.8 Å². The molecule has 0 unspecified atom stereocenters. The standard InChI is InChI=1S/C23H35NOS/c1-5-11-21(25-4)15-14-18(2)12-9-7-6-8-10-13-20-17-26-23(24-20)22-16-19(22)3/h5,7,9-10,12-13,19-22H,1,6,8,11,14-17H2,2-4H3/b9-7+,13-10-,18-12+/t19-,20-,21-,22+/m0/s1. The lowest BCUT2D eigenvalue weighted by molar-refractivity contribution is 0.0981. The molecule has 0 spiro atoms. The molecule has 0 aromatic heterocycles. The summed E-state index contributed by atoms with van der Waals surface area (Å²) in [7, 11) is 1.78. The smallest absolute Gasteiger partial charge is 0.0783 e. The van der Waals surface area contributed by atoms with Gasteiger partial charge in [0.05, 0.1) is 17.2 Å². The highest BCUT2D eigenvalue weighted by molar-refractivity contribution is 8.14. The Hall–Kier alpha value is -1.06. The first kappa shape index (κ1) is 21.2. The molecule has 0 amide bonds. The molecule has 4 atom stereocenters. The molecule has 144 valence electrons. The predicted molar refractivity (Wildman–Crippen MR) is 117 cm³/mol. The minimum atomic E-state index is 0.296. The highest BCUT2D eigenvalue weighted by Crippen LogP contribution is 2.44. The second-order valence-electron chi connectivity index (χ2n) is 7.53. The van der Waals surface area contributed by atoms with Crippen molar-refractivity contribution in [3.05, 3.63) is 48.6 Å². The van der Waals surface area contributed by atoms with Gasteiger partial charge in [-0.05, 0) is 51.4 Å². The molecular weight excluding hydrogens is 338 g/mol. The van der Waals surface area contributed by atoms with Gasteiger partial charge in [0.15, 0.2) is 0 Å². The third kappa shape index (κ3) is 7.67. The third-order valence-corrected chi connectivity index (χ3v) is 6.33. The first-order valence-corrected chi connectivity index (χ1v) is 11.0. The largest absolute Gasteiger partial charge is 0.381 e. The number of hydrogen-bond donors (Lipinski definition) is 0. The summed E-state index contributed by atoms with van der Waals surface area (Å²) < 4.78 is 5.45. The Bertz CT molecular complexity index is 561. The van der Waals surface area contributed by atoms with Gasteiger partial charge in [-0.1, -0.05) is 49.0 Å². The number of hydrogen-bond acceptors (Lipinski definition) is 3. The van der Waals surface area contributed by atoms with E-state index in [9.17, 15) is 0 Å². The van der Waals surface area contributed by atoms with Gasteiger partial charge in [-0.25, -0.2) is 0 Å². The minimum absolute atomic E-state index is 0.296. The second kappa shape index (κ2) is 11.6. The van der Waals surface area contributed by atoms with Crippen LogP contribution in [0.2, 0.25) is 0 Å². The van der Waals surface area contributed by atoms with Crippen LogP contribution in [0.15, 0.2) is 53.6 Å². The summed E-state index contributed by atoms with van der Waals surface area (Å²) in [6.07, 6.45) is 20.1. The minimum Gasteiger partial charge on any atom is -0.381 e. The van der Waals surface area contributed by atoms with E-state index in [1.54, 1.807) is 7.11 Å². The van der Waals surface area contributed by atoms with Crippen LogP contribution in [0.5, 0.6) is 0 Å². The maximum absolute atomic E-state index is 5.45. The van der Waals surface area contributed by atoms with Gasteiger partial charge in [0.25, 0.3) is 0 Å². The second-order valence-corrected chi connectivity index (χ2v) is 8.57. The summed E-state index contributed by atoms with van der Waals surface area (Å²) in [5, 5.41) is 1.41. The van der Waals surface area contributed by atoms with Gasteiger partial charge in [0, 0.05) is 18.8 Å². The fraction of sp³-hybridized carbons (Fsp3) is 0.609. The predicted octanol–water partition coefficient (Wildman–Crippen LogP) is 6.37. The van der Waals surface area contributed by atoms with Crippen LogP contribution in [0.3, 0.4) is 0 Å². The lowest BCUT2D eigenvalue weighted by Crippen LogP contribution is -2.08. The lowest BCUT2D eigenvalue weighted by Gasteiger charge is -2.12. The topological polar surface area (TPSA) is 21.6 Å². The number of allylic oxidation sites excluding steroid dienone is 5. The summed E-state index contributed by atoms with van der Waals surface area (Å²) >= 11 is 1.97. The third-order valence-electron chi connectivity index (χ3n) is 5.12. The Balaban J connectivity index is 1.58. The molecule has 1 aliphatic carbocycles. The zero-order valence-corrected chi connectivity index (χ0v) is 17.5. The number of nitrogens with zero attached hydrogens (tertiary/aromatic N) is 1. The Kier molecular flexibility index (Phi) is 9.49. The zero-order valence-electron chi connectivity index (χ0n) is 16.7. The molecule has 2 aliphatic rings. The van der Waals surface area contributed by atoms with Crippen LogP contribution < -0.4 is 0 Å². The van der Waals surface area contributed by atoms with Crippen molar-refractivity contribution in [1.82, 2.24) is 0 Å². The highest BCUT2D eigenvalue weighted by Gasteiger charge is 2.39. The molecule has 0 aromatic carbocycles. The van der Waals surface area contributed by atoms with Crippen LogP contribution in [0.25, 0.3) is 0 Å². The summed E-state index contributed by atoms with van der Waals surface area (Å²) in [5.41, 5.74) is 1.40. The van der Waals surface area contributed by atoms with Gasteiger partial charge in [-0.2, -0.15) is 0 Å². The molecule has 1 saturated carbocycles. The highest BCUT2D eigenvalue weighted by atomic mass is 32.2. The van der Waals surface area contributed by atoms with E-state index in [1.165, 1.54) is 17.0 Å². The molecule has 1 fully saturated rings. The molecule has 2 rings (SSSR count). The van der Waals surface area contributed by atoms with E-state index in [4.69, 9.17) is 9.73 Å². The van der Waals surface area contributed by atoms with Crippen molar-refractivity contribution in [2.45, 2.75) is 64.5 Å². The number of rotatable bonds is 12. The lowest BCUT2D eigenvalue weighted by atomic mass is 10.1. The molecule has 1 heterocycles. The van der Waals surface area contributed by atoms with Gasteiger partial charge >= 0.3 is 0 Å². The van der Waals surface area contributed by atoms with Gasteiger partial charge < -0.3 is 4.74 Å². The maximum atomic E-state index is 5.45. The fourth-order valence-corrected chi connectivity index (χ4v) is 4.42. The Morgan fingerprint density at radius 3 is 2.85 bits per heavy atom. The van der Waals surface area contributed by atoms with Crippen LogP contribution >= 0.6 is 11.8 Å². The van der Waals surface area contributed by atoms with Crippen LogP contribution in [-0.4, -0.2) is 30.1 Å². The van der Waals surface area contributed by atoms with Crippen molar-refractivity contribution in [1.29, 1.82) is 0 Å². The molecule has 2 nitrogen and oxygen atoms in total. The van der Waals surface area contributed by atoms with E-state index in [0.29, 0.717) is 12.1 Å². The van der Waals surface area contributed by atoms with E-state index >= 15 is 0 Å². The van der Waals surface area contributed by atoms with Crippen LogP contribution in [-0.2, 0) is 4.74 Å². The van der Waals surface area contributed by atoms with Crippen LogP contribution in [0.4, 0.5) is 0 Å². The summed E-state index contributed by atoms with van der Waals surface area (Å²) in [4.78, 5) is 4.86. The van der Waals surface area contributed by atoms with Crippen molar-refractivity contribution < 1.29 is 4.74 Å². The zero-order chi connectivity index (χ0) is 18.8. The van der Waals surface area contributed by atoms with Gasteiger partial charge in [0.2, 0.25) is 0 Å². The van der Waals surface area contributed by atoms with Gasteiger partial charge in [-0.3, -0.25) is 4.99 Å². The number of thioether (sulfide) groups is 1. The van der Waals surface area contributed by atoms with Crippen molar-refractivity contribution in [3.63, 3.8) is 0 Å². The average molecular weight is 374 g/mol. The maximum Gasteiger partial charge on any atom is 0.0783 e. The Morgan fingerprint density at radius 1 is 1.38 bits per heavy atom. The molecular formula is C23H35NOS. The fourth-order valence-electron chi connectivity index (χ4n) is 3.14. The monoisotopic (exact) mass is 373 g/mol. The van der Waals surface area contributed by atoms with Gasteiger partial charge in [-0.15, -0.1) is 18.3 Å². The molecule has 0 aromatic rings. The number of ether oxygens (including phenoxy) is 1. The normalized spacial score (nSPS) is 27.3. The summed E-state index contributed by atoms with van der Waals surface area (Å²) in [6.45, 7) is 8.31. The number of unbranched alkanes of at least 4 members (excludes halogenated alkanes) is 1. The summed E-state index contributed by atoms with van der Waals surface area (Å²) in [5.74, 6) is 2.79. The SMILES string of the molecule is C=CC[C@@H](CC/C(C)=C/C=C/CC/C=C\[C@H]1CSC([C@@H]2C[C@@H]2C)=N1)OC. The van der Waals surface area contributed by atoms with E-state index in [0.717, 1.165) is 49.7 Å². The molecule has 0 bridgehead atoms. The molecule has 0 saturated heterocycles. The van der Waals surface area contributed by atoms with Crippen molar-refractivity contribution >= 4 is 16.8 Å².